The average Bonchev–Trinajstić information content (AvgIpc) is 2.43. The number of methoxy groups -OCH3 is 1. The molecule has 3 nitrogen and oxygen atoms in total. The second-order valence-electron chi connectivity index (χ2n) is 3.92. The van der Waals surface area contributed by atoms with Crippen molar-refractivity contribution in [2.45, 2.75) is 0 Å². The summed E-state index contributed by atoms with van der Waals surface area (Å²) in [5, 5.41) is 2.50. The number of nitrogens with one attached hydrogen (secondary N) is 1. The molecule has 0 aliphatic heterocycles. The van der Waals surface area contributed by atoms with Crippen LogP contribution in [0.1, 0.15) is 10.4 Å². The number of halogens is 3. The normalized spacial score (nSPS) is 10.2. The highest BCUT2D eigenvalue weighted by molar-refractivity contribution is 9.10. The Kier molecular flexibility index (Phi) is 4.34. The molecule has 0 saturated heterocycles. The second-order valence-corrected chi connectivity index (χ2v) is 4.78. The first-order valence-corrected chi connectivity index (χ1v) is 6.40. The summed E-state index contributed by atoms with van der Waals surface area (Å²) in [6.07, 6.45) is 0. The first kappa shape index (κ1) is 14.5. The van der Waals surface area contributed by atoms with Gasteiger partial charge < -0.3 is 10.1 Å². The van der Waals surface area contributed by atoms with E-state index in [4.69, 9.17) is 4.74 Å². The van der Waals surface area contributed by atoms with Crippen LogP contribution in [0.2, 0.25) is 0 Å². The van der Waals surface area contributed by atoms with Gasteiger partial charge in [-0.2, -0.15) is 0 Å². The van der Waals surface area contributed by atoms with Crippen LogP contribution >= 0.6 is 15.9 Å². The van der Waals surface area contributed by atoms with Crippen molar-refractivity contribution in [3.63, 3.8) is 0 Å². The third-order valence-electron chi connectivity index (χ3n) is 2.59. The van der Waals surface area contributed by atoms with Crippen molar-refractivity contribution < 1.29 is 18.3 Å². The lowest BCUT2D eigenvalue weighted by Gasteiger charge is -2.10. The molecule has 0 unspecified atom stereocenters. The number of carbonyl (C=O) groups excluding carboxylic acids is 1. The van der Waals surface area contributed by atoms with Gasteiger partial charge in [0.1, 0.15) is 17.4 Å². The van der Waals surface area contributed by atoms with E-state index in [1.165, 1.54) is 7.11 Å². The van der Waals surface area contributed by atoms with Crippen LogP contribution < -0.4 is 10.1 Å². The monoisotopic (exact) mass is 341 g/mol. The molecule has 0 atom stereocenters. The molecule has 1 N–H and O–H groups in total. The summed E-state index contributed by atoms with van der Waals surface area (Å²) in [6, 6.07) is 7.65. The minimum Gasteiger partial charge on any atom is -0.497 e. The Balaban J connectivity index is 2.30. The molecule has 0 spiro atoms. The predicted octanol–water partition coefficient (Wildman–Crippen LogP) is 3.99. The van der Waals surface area contributed by atoms with Crippen LogP contribution in [0, 0.1) is 11.6 Å². The van der Waals surface area contributed by atoms with E-state index in [9.17, 15) is 13.6 Å². The number of ether oxygens (including phenoxy) is 1. The molecule has 0 heterocycles. The summed E-state index contributed by atoms with van der Waals surface area (Å²) >= 11 is 3.26. The number of benzene rings is 2. The van der Waals surface area contributed by atoms with E-state index in [-0.39, 0.29) is 5.56 Å². The van der Waals surface area contributed by atoms with E-state index in [1.807, 2.05) is 0 Å². The SMILES string of the molecule is COc1ccc(Br)c(NC(=O)c2cc(F)ccc2F)c1. The topological polar surface area (TPSA) is 38.3 Å². The molecule has 2 rings (SSSR count). The zero-order chi connectivity index (χ0) is 14.7. The van der Waals surface area contributed by atoms with Crippen LogP contribution in [-0.2, 0) is 0 Å². The molecule has 2 aromatic carbocycles. The van der Waals surface area contributed by atoms with Crippen LogP contribution in [-0.4, -0.2) is 13.0 Å². The van der Waals surface area contributed by atoms with Crippen molar-refractivity contribution in [2.24, 2.45) is 0 Å². The molecule has 104 valence electrons. The Morgan fingerprint density at radius 1 is 1.20 bits per heavy atom. The molecule has 0 aliphatic rings. The Morgan fingerprint density at radius 3 is 2.65 bits per heavy atom. The quantitative estimate of drug-likeness (QED) is 0.916. The zero-order valence-electron chi connectivity index (χ0n) is 10.4. The third-order valence-corrected chi connectivity index (χ3v) is 3.29. The number of amides is 1. The van der Waals surface area contributed by atoms with Gasteiger partial charge in [0.2, 0.25) is 0 Å². The summed E-state index contributed by atoms with van der Waals surface area (Å²) in [6.45, 7) is 0. The molecule has 0 bridgehead atoms. The number of rotatable bonds is 3. The first-order valence-electron chi connectivity index (χ1n) is 5.61. The van der Waals surface area contributed by atoms with Crippen LogP contribution in [0.25, 0.3) is 0 Å². The van der Waals surface area contributed by atoms with Gasteiger partial charge in [-0.3, -0.25) is 4.79 Å². The first-order chi connectivity index (χ1) is 9.51. The highest BCUT2D eigenvalue weighted by atomic mass is 79.9. The van der Waals surface area contributed by atoms with Gasteiger partial charge in [0, 0.05) is 10.5 Å². The lowest BCUT2D eigenvalue weighted by atomic mass is 10.2. The van der Waals surface area contributed by atoms with Crippen molar-refractivity contribution >= 4 is 27.5 Å². The fraction of sp³-hybridized carbons (Fsp3) is 0.0714. The fourth-order valence-corrected chi connectivity index (χ4v) is 1.93. The molecule has 2 aromatic rings. The van der Waals surface area contributed by atoms with Gasteiger partial charge in [-0.25, -0.2) is 8.78 Å². The van der Waals surface area contributed by atoms with Gasteiger partial charge >= 0.3 is 0 Å². The number of anilines is 1. The lowest BCUT2D eigenvalue weighted by Crippen LogP contribution is -2.14. The van der Waals surface area contributed by atoms with Gasteiger partial charge in [0.15, 0.2) is 0 Å². The average molecular weight is 342 g/mol. The van der Waals surface area contributed by atoms with Crippen molar-refractivity contribution in [1.29, 1.82) is 0 Å². The maximum Gasteiger partial charge on any atom is 0.258 e. The van der Waals surface area contributed by atoms with Crippen LogP contribution in [0.3, 0.4) is 0 Å². The molecular formula is C14H10BrF2NO2. The van der Waals surface area contributed by atoms with E-state index < -0.39 is 17.5 Å². The Hall–Kier alpha value is -1.95. The Morgan fingerprint density at radius 2 is 1.95 bits per heavy atom. The van der Waals surface area contributed by atoms with Gasteiger partial charge in [-0.1, -0.05) is 0 Å². The van der Waals surface area contributed by atoms with Crippen molar-refractivity contribution in [1.82, 2.24) is 0 Å². The largest absolute Gasteiger partial charge is 0.497 e. The van der Waals surface area contributed by atoms with E-state index in [0.717, 1.165) is 18.2 Å². The standard InChI is InChI=1S/C14H10BrF2NO2/c1-20-9-3-4-11(15)13(7-9)18-14(19)10-6-8(16)2-5-12(10)17/h2-7H,1H3,(H,18,19). The second kappa shape index (κ2) is 6.00. The summed E-state index contributed by atoms with van der Waals surface area (Å²) in [5.74, 6) is -1.68. The minimum atomic E-state index is -0.789. The van der Waals surface area contributed by atoms with E-state index in [2.05, 4.69) is 21.2 Å². The summed E-state index contributed by atoms with van der Waals surface area (Å²) in [5.41, 5.74) is 0.0396. The number of hydrogen-bond donors (Lipinski definition) is 1. The third kappa shape index (κ3) is 3.14. The predicted molar refractivity (Wildman–Crippen MR) is 75.0 cm³/mol. The highest BCUT2D eigenvalue weighted by Crippen LogP contribution is 2.27. The molecule has 1 amide bonds. The van der Waals surface area contributed by atoms with Crippen LogP contribution in [0.5, 0.6) is 5.75 Å². The molecule has 20 heavy (non-hydrogen) atoms. The maximum absolute atomic E-state index is 13.5. The van der Waals surface area contributed by atoms with Crippen LogP contribution in [0.4, 0.5) is 14.5 Å². The molecular weight excluding hydrogens is 332 g/mol. The van der Waals surface area contributed by atoms with Crippen molar-refractivity contribution in [3.8, 4) is 5.75 Å². The van der Waals surface area contributed by atoms with Crippen molar-refractivity contribution in [3.05, 3.63) is 58.1 Å². The summed E-state index contributed by atoms with van der Waals surface area (Å²) in [7, 11) is 1.49. The van der Waals surface area contributed by atoms with Gasteiger partial charge in [0.05, 0.1) is 18.4 Å². The molecule has 0 saturated carbocycles. The van der Waals surface area contributed by atoms with Gasteiger partial charge in [-0.15, -0.1) is 0 Å². The van der Waals surface area contributed by atoms with Gasteiger partial charge in [0.25, 0.3) is 5.91 Å². The number of carbonyl (C=O) groups is 1. The summed E-state index contributed by atoms with van der Waals surface area (Å²) < 4.78 is 32.2. The zero-order valence-corrected chi connectivity index (χ0v) is 12.0. The maximum atomic E-state index is 13.5. The minimum absolute atomic E-state index is 0.361. The van der Waals surface area contributed by atoms with E-state index in [0.29, 0.717) is 15.9 Å². The summed E-state index contributed by atoms with van der Waals surface area (Å²) in [4.78, 5) is 12.0. The molecule has 0 aromatic heterocycles. The van der Waals surface area contributed by atoms with Crippen LogP contribution in [0.15, 0.2) is 40.9 Å². The Bertz CT molecular complexity index is 662. The molecule has 0 fully saturated rings. The van der Waals surface area contributed by atoms with E-state index >= 15 is 0 Å². The van der Waals surface area contributed by atoms with Gasteiger partial charge in [-0.05, 0) is 46.3 Å². The molecule has 0 aliphatic carbocycles. The van der Waals surface area contributed by atoms with Crippen molar-refractivity contribution in [2.75, 3.05) is 12.4 Å². The molecule has 6 heteroatoms. The number of hydrogen-bond acceptors (Lipinski definition) is 2. The lowest BCUT2D eigenvalue weighted by molar-refractivity contribution is 0.102. The Labute approximate surface area is 122 Å². The van der Waals surface area contributed by atoms with E-state index in [1.54, 1.807) is 18.2 Å². The smallest absolute Gasteiger partial charge is 0.258 e. The fourth-order valence-electron chi connectivity index (χ4n) is 1.59. The molecule has 0 radical (unpaired) electrons. The highest BCUT2D eigenvalue weighted by Gasteiger charge is 2.14.